The number of ether oxygens (including phenoxy) is 1. The normalized spacial score (nSPS) is 10.3. The molecule has 0 aliphatic carbocycles. The van der Waals surface area contributed by atoms with Gasteiger partial charge in [0.15, 0.2) is 0 Å². The molecule has 0 aliphatic rings. The van der Waals surface area contributed by atoms with Crippen molar-refractivity contribution in [2.24, 2.45) is 0 Å². The summed E-state index contributed by atoms with van der Waals surface area (Å²) < 4.78 is 5.57. The first-order valence-electron chi connectivity index (χ1n) is 5.33. The molecular weight excluding hydrogens is 210 g/mol. The Morgan fingerprint density at radius 2 is 2.20 bits per heavy atom. The highest BCUT2D eigenvalue weighted by atomic mass is 35.5. The van der Waals surface area contributed by atoms with Gasteiger partial charge in [0.25, 0.3) is 0 Å². The average Bonchev–Trinajstić information content (AvgIpc) is 2.20. The largest absolute Gasteiger partial charge is 0.492 e. The molecule has 2 nitrogen and oxygen atoms in total. The van der Waals surface area contributed by atoms with Crippen LogP contribution in [0, 0.1) is 6.92 Å². The minimum atomic E-state index is 0.693. The second kappa shape index (κ2) is 6.70. The van der Waals surface area contributed by atoms with Crippen LogP contribution in [0.3, 0.4) is 0 Å². The van der Waals surface area contributed by atoms with Crippen molar-refractivity contribution >= 4 is 11.6 Å². The van der Waals surface area contributed by atoms with Crippen LogP contribution < -0.4 is 10.1 Å². The van der Waals surface area contributed by atoms with Gasteiger partial charge in [0.1, 0.15) is 5.75 Å². The van der Waals surface area contributed by atoms with Gasteiger partial charge in [-0.2, -0.15) is 0 Å². The lowest BCUT2D eigenvalue weighted by atomic mass is 10.2. The molecule has 1 N–H and O–H groups in total. The fourth-order valence-corrected chi connectivity index (χ4v) is 1.57. The first kappa shape index (κ1) is 12.3. The molecule has 0 heterocycles. The summed E-state index contributed by atoms with van der Waals surface area (Å²) in [4.78, 5) is 0. The number of halogens is 1. The van der Waals surface area contributed by atoms with E-state index in [1.807, 2.05) is 25.1 Å². The first-order valence-corrected chi connectivity index (χ1v) is 5.71. The lowest BCUT2D eigenvalue weighted by Crippen LogP contribution is -2.16. The van der Waals surface area contributed by atoms with E-state index in [0.29, 0.717) is 11.6 Å². The molecular formula is C12H18ClNO. The Labute approximate surface area is 96.6 Å². The lowest BCUT2D eigenvalue weighted by molar-refractivity contribution is 0.309. The van der Waals surface area contributed by atoms with E-state index >= 15 is 0 Å². The molecule has 0 fully saturated rings. The van der Waals surface area contributed by atoms with E-state index in [4.69, 9.17) is 16.3 Å². The van der Waals surface area contributed by atoms with Crippen LogP contribution in [0.1, 0.15) is 18.9 Å². The second-order valence-electron chi connectivity index (χ2n) is 3.49. The molecule has 0 spiro atoms. The van der Waals surface area contributed by atoms with Crippen LogP contribution in [-0.2, 0) is 0 Å². The lowest BCUT2D eigenvalue weighted by Gasteiger charge is -2.08. The Morgan fingerprint density at radius 1 is 1.40 bits per heavy atom. The van der Waals surface area contributed by atoms with Gasteiger partial charge >= 0.3 is 0 Å². The molecule has 0 atom stereocenters. The van der Waals surface area contributed by atoms with Crippen LogP contribution in [0.2, 0.25) is 5.02 Å². The van der Waals surface area contributed by atoms with Gasteiger partial charge in [0, 0.05) is 0 Å². The highest BCUT2D eigenvalue weighted by Crippen LogP contribution is 2.24. The summed E-state index contributed by atoms with van der Waals surface area (Å²) in [5.74, 6) is 0.777. The van der Waals surface area contributed by atoms with Gasteiger partial charge in [-0.25, -0.2) is 0 Å². The third-order valence-corrected chi connectivity index (χ3v) is 2.39. The summed E-state index contributed by atoms with van der Waals surface area (Å²) in [6.07, 6.45) is 0.998. The van der Waals surface area contributed by atoms with Gasteiger partial charge in [0.2, 0.25) is 0 Å². The van der Waals surface area contributed by atoms with Crippen molar-refractivity contribution in [3.63, 3.8) is 0 Å². The topological polar surface area (TPSA) is 21.3 Å². The van der Waals surface area contributed by atoms with Gasteiger partial charge in [-0.15, -0.1) is 0 Å². The predicted octanol–water partition coefficient (Wildman–Crippen LogP) is 3.03. The molecule has 1 aromatic rings. The number of nitrogens with one attached hydrogen (secondary N) is 1. The van der Waals surface area contributed by atoms with Crippen molar-refractivity contribution in [1.82, 2.24) is 5.32 Å². The van der Waals surface area contributed by atoms with E-state index in [0.717, 1.165) is 30.8 Å². The van der Waals surface area contributed by atoms with E-state index in [1.54, 1.807) is 0 Å². The maximum absolute atomic E-state index is 6.03. The molecule has 0 aliphatic heterocycles. The quantitative estimate of drug-likeness (QED) is 0.755. The first-order chi connectivity index (χ1) is 7.24. The van der Waals surface area contributed by atoms with Gasteiger partial charge in [-0.3, -0.25) is 0 Å². The Bertz CT molecular complexity index is 302. The van der Waals surface area contributed by atoms with Crippen LogP contribution in [-0.4, -0.2) is 19.7 Å². The van der Waals surface area contributed by atoms with Crippen LogP contribution in [0.5, 0.6) is 5.75 Å². The zero-order valence-electron chi connectivity index (χ0n) is 9.35. The van der Waals surface area contributed by atoms with E-state index in [9.17, 15) is 0 Å². The third kappa shape index (κ3) is 4.54. The molecule has 84 valence electrons. The highest BCUT2D eigenvalue weighted by Gasteiger charge is 2.00. The Balaban J connectivity index is 2.31. The van der Waals surface area contributed by atoms with Crippen LogP contribution >= 0.6 is 11.6 Å². The van der Waals surface area contributed by atoms with Crippen molar-refractivity contribution in [2.75, 3.05) is 19.7 Å². The smallest absolute Gasteiger partial charge is 0.137 e. The summed E-state index contributed by atoms with van der Waals surface area (Å²) in [5, 5.41) is 3.94. The second-order valence-corrected chi connectivity index (χ2v) is 3.90. The zero-order chi connectivity index (χ0) is 11.1. The molecule has 0 saturated carbocycles. The molecule has 1 rings (SSSR count). The molecule has 0 saturated heterocycles. The van der Waals surface area contributed by atoms with Gasteiger partial charge in [0.05, 0.1) is 11.6 Å². The van der Waals surface area contributed by atoms with E-state index < -0.39 is 0 Å². The van der Waals surface area contributed by atoms with E-state index in [2.05, 4.69) is 12.2 Å². The third-order valence-electron chi connectivity index (χ3n) is 2.09. The van der Waals surface area contributed by atoms with Crippen molar-refractivity contribution in [3.8, 4) is 5.75 Å². The number of benzene rings is 1. The van der Waals surface area contributed by atoms with Crippen LogP contribution in [0.25, 0.3) is 0 Å². The minimum Gasteiger partial charge on any atom is -0.492 e. The van der Waals surface area contributed by atoms with Crippen molar-refractivity contribution in [3.05, 3.63) is 28.8 Å². The van der Waals surface area contributed by atoms with Crippen molar-refractivity contribution in [2.45, 2.75) is 20.3 Å². The van der Waals surface area contributed by atoms with Gasteiger partial charge in [-0.1, -0.05) is 24.6 Å². The number of hydrogen-bond donors (Lipinski definition) is 1. The average molecular weight is 228 g/mol. The fraction of sp³-hybridized carbons (Fsp3) is 0.500. The standard InChI is InChI=1S/C12H18ClNO/c1-3-14-7-4-8-15-12-6-5-10(2)9-11(12)13/h5-6,9,14H,3-4,7-8H2,1-2H3. The Hall–Kier alpha value is -0.730. The Kier molecular flexibility index (Phi) is 5.51. The highest BCUT2D eigenvalue weighted by molar-refractivity contribution is 6.32. The SMILES string of the molecule is CCNCCCOc1ccc(C)cc1Cl. The monoisotopic (exact) mass is 227 g/mol. The summed E-state index contributed by atoms with van der Waals surface area (Å²) in [5.41, 5.74) is 1.15. The molecule has 1 aromatic carbocycles. The van der Waals surface area contributed by atoms with E-state index in [1.165, 1.54) is 0 Å². The molecule has 3 heteroatoms. The van der Waals surface area contributed by atoms with Gasteiger partial charge < -0.3 is 10.1 Å². The van der Waals surface area contributed by atoms with E-state index in [-0.39, 0.29) is 0 Å². The molecule has 0 bridgehead atoms. The number of aryl methyl sites for hydroxylation is 1. The van der Waals surface area contributed by atoms with Crippen molar-refractivity contribution < 1.29 is 4.74 Å². The maximum atomic E-state index is 6.03. The molecule has 0 radical (unpaired) electrons. The summed E-state index contributed by atoms with van der Waals surface area (Å²) in [6, 6.07) is 5.84. The maximum Gasteiger partial charge on any atom is 0.137 e. The Morgan fingerprint density at radius 3 is 2.87 bits per heavy atom. The summed E-state index contributed by atoms with van der Waals surface area (Å²) in [7, 11) is 0. The fourth-order valence-electron chi connectivity index (χ4n) is 1.28. The minimum absolute atomic E-state index is 0.693. The zero-order valence-corrected chi connectivity index (χ0v) is 10.1. The summed E-state index contributed by atoms with van der Waals surface area (Å²) in [6.45, 7) is 6.81. The predicted molar refractivity (Wildman–Crippen MR) is 64.8 cm³/mol. The van der Waals surface area contributed by atoms with Gasteiger partial charge in [-0.05, 0) is 44.1 Å². The molecule has 0 amide bonds. The number of rotatable bonds is 6. The number of hydrogen-bond acceptors (Lipinski definition) is 2. The van der Waals surface area contributed by atoms with Crippen molar-refractivity contribution in [1.29, 1.82) is 0 Å². The van der Waals surface area contributed by atoms with Crippen LogP contribution in [0.4, 0.5) is 0 Å². The van der Waals surface area contributed by atoms with Crippen LogP contribution in [0.15, 0.2) is 18.2 Å². The summed E-state index contributed by atoms with van der Waals surface area (Å²) >= 11 is 6.03. The molecule has 15 heavy (non-hydrogen) atoms. The molecule has 0 aromatic heterocycles. The molecule has 0 unspecified atom stereocenters.